The molecule has 0 unspecified atom stereocenters. The van der Waals surface area contributed by atoms with Gasteiger partial charge in [0.25, 0.3) is 5.91 Å². The van der Waals surface area contributed by atoms with Gasteiger partial charge in [0.1, 0.15) is 11.8 Å². The van der Waals surface area contributed by atoms with Crippen molar-refractivity contribution in [3.63, 3.8) is 0 Å². The first kappa shape index (κ1) is 36.2. The summed E-state index contributed by atoms with van der Waals surface area (Å²) in [6.07, 6.45) is 6.02. The highest BCUT2D eigenvalue weighted by molar-refractivity contribution is 6.05. The number of imide groups is 1. The summed E-state index contributed by atoms with van der Waals surface area (Å²) < 4.78 is 0. The van der Waals surface area contributed by atoms with Crippen LogP contribution in [0.2, 0.25) is 0 Å². The fourth-order valence-corrected chi connectivity index (χ4v) is 9.67. The number of piperidine rings is 2. The van der Waals surface area contributed by atoms with Crippen LogP contribution >= 0.6 is 0 Å². The quantitative estimate of drug-likeness (QED) is 0.201. The van der Waals surface area contributed by atoms with Crippen molar-refractivity contribution in [3.05, 3.63) is 124 Å². The van der Waals surface area contributed by atoms with E-state index in [0.717, 1.165) is 76.3 Å². The van der Waals surface area contributed by atoms with Crippen LogP contribution in [-0.2, 0) is 22.6 Å². The van der Waals surface area contributed by atoms with Gasteiger partial charge in [-0.05, 0) is 133 Å². The lowest BCUT2D eigenvalue weighted by atomic mass is 9.87. The minimum absolute atomic E-state index is 0.123. The van der Waals surface area contributed by atoms with E-state index in [2.05, 4.69) is 87.6 Å². The molecule has 3 fully saturated rings. The second kappa shape index (κ2) is 15.3. The van der Waals surface area contributed by atoms with Crippen molar-refractivity contribution in [3.8, 4) is 5.75 Å². The smallest absolute Gasteiger partial charge is 0.255 e. The van der Waals surface area contributed by atoms with Gasteiger partial charge >= 0.3 is 0 Å². The standard InChI is InChI=1S/C47H51N5O4/c1-31-5-7-33(8-6-31)40-4-2-3-35-28-39(53)14-16-41(35)45(40)34-9-11-37(12-10-34)50-21-19-32(20-22-50)29-49-23-25-51(26-24-49)38-13-15-42-36(27-38)30-52(47(42)56)43-17-18-44(54)48-46(43)55/h5-16,27-28,32,43,53H,2-4,17-26,29-30H2,1H3,(H,48,54,55)/t43-/m0/s1. The molecule has 5 aliphatic rings. The normalized spacial score (nSPS) is 20.9. The summed E-state index contributed by atoms with van der Waals surface area (Å²) in [6.45, 7) is 9.73. The molecule has 1 aliphatic carbocycles. The van der Waals surface area contributed by atoms with E-state index in [1.807, 2.05) is 24.3 Å². The van der Waals surface area contributed by atoms with Crippen LogP contribution < -0.4 is 15.1 Å². The van der Waals surface area contributed by atoms with Gasteiger partial charge in [0, 0.05) is 75.7 Å². The molecule has 3 saturated heterocycles. The zero-order chi connectivity index (χ0) is 38.3. The number of aromatic hydroxyl groups is 1. The summed E-state index contributed by atoms with van der Waals surface area (Å²) in [7, 11) is 0. The number of aryl methyl sites for hydroxylation is 2. The van der Waals surface area contributed by atoms with Gasteiger partial charge in [0.05, 0.1) is 0 Å². The third-order valence-electron chi connectivity index (χ3n) is 12.8. The molecule has 9 rings (SSSR count). The average Bonchev–Trinajstić information content (AvgIpc) is 3.41. The molecule has 9 heteroatoms. The fourth-order valence-electron chi connectivity index (χ4n) is 9.67. The molecule has 4 aromatic carbocycles. The maximum atomic E-state index is 13.2. The Morgan fingerprint density at radius 3 is 2.12 bits per heavy atom. The van der Waals surface area contributed by atoms with Crippen LogP contribution in [0, 0.1) is 12.8 Å². The highest BCUT2D eigenvalue weighted by Crippen LogP contribution is 2.41. The van der Waals surface area contributed by atoms with Gasteiger partial charge in [-0.1, -0.05) is 48.0 Å². The highest BCUT2D eigenvalue weighted by Gasteiger charge is 2.39. The zero-order valence-corrected chi connectivity index (χ0v) is 32.3. The highest BCUT2D eigenvalue weighted by atomic mass is 16.3. The van der Waals surface area contributed by atoms with Crippen LogP contribution in [0.5, 0.6) is 5.75 Å². The molecular weight excluding hydrogens is 699 g/mol. The third-order valence-corrected chi connectivity index (χ3v) is 12.8. The molecule has 4 aliphatic heterocycles. The molecule has 2 N–H and O–H groups in total. The van der Waals surface area contributed by atoms with Crippen LogP contribution in [0.4, 0.5) is 11.4 Å². The predicted octanol–water partition coefficient (Wildman–Crippen LogP) is 6.80. The molecule has 3 amide bonds. The Labute approximate surface area is 329 Å². The summed E-state index contributed by atoms with van der Waals surface area (Å²) in [6, 6.07) is 29.5. The molecule has 9 nitrogen and oxygen atoms in total. The predicted molar refractivity (Wildman–Crippen MR) is 221 cm³/mol. The van der Waals surface area contributed by atoms with Gasteiger partial charge in [0.2, 0.25) is 11.8 Å². The Balaban J connectivity index is 0.802. The van der Waals surface area contributed by atoms with Crippen molar-refractivity contribution in [2.45, 2.75) is 64.5 Å². The van der Waals surface area contributed by atoms with Crippen molar-refractivity contribution in [1.82, 2.24) is 15.1 Å². The molecule has 0 radical (unpaired) electrons. The van der Waals surface area contributed by atoms with Crippen molar-refractivity contribution >= 4 is 40.2 Å². The minimum Gasteiger partial charge on any atom is -0.508 e. The van der Waals surface area contributed by atoms with Gasteiger partial charge in [-0.2, -0.15) is 0 Å². The van der Waals surface area contributed by atoms with Gasteiger partial charge in [0.15, 0.2) is 0 Å². The maximum absolute atomic E-state index is 13.2. The van der Waals surface area contributed by atoms with E-state index in [9.17, 15) is 19.5 Å². The number of hydrogen-bond acceptors (Lipinski definition) is 7. The first-order chi connectivity index (χ1) is 27.3. The van der Waals surface area contributed by atoms with Crippen LogP contribution in [0.15, 0.2) is 84.9 Å². The third kappa shape index (κ3) is 7.20. The second-order valence-electron chi connectivity index (χ2n) is 16.4. The topological polar surface area (TPSA) is 96.4 Å². The zero-order valence-electron chi connectivity index (χ0n) is 32.3. The fraction of sp³-hybridized carbons (Fsp3) is 0.383. The van der Waals surface area contributed by atoms with E-state index in [0.29, 0.717) is 30.2 Å². The van der Waals surface area contributed by atoms with Crippen molar-refractivity contribution in [1.29, 1.82) is 0 Å². The van der Waals surface area contributed by atoms with E-state index >= 15 is 0 Å². The molecule has 56 heavy (non-hydrogen) atoms. The number of piperazine rings is 1. The Kier molecular flexibility index (Phi) is 9.88. The van der Waals surface area contributed by atoms with E-state index in [1.165, 1.54) is 57.5 Å². The van der Waals surface area contributed by atoms with Crippen molar-refractivity contribution in [2.24, 2.45) is 5.92 Å². The van der Waals surface area contributed by atoms with Gasteiger partial charge < -0.3 is 19.8 Å². The molecular formula is C47H51N5O4. The van der Waals surface area contributed by atoms with Crippen LogP contribution in [-0.4, -0.2) is 84.5 Å². The van der Waals surface area contributed by atoms with Crippen LogP contribution in [0.1, 0.15) is 82.3 Å². The molecule has 4 heterocycles. The number of rotatable bonds is 7. The molecule has 0 spiro atoms. The first-order valence-electron chi connectivity index (χ1n) is 20.5. The Bertz CT molecular complexity index is 2180. The molecule has 4 aromatic rings. The molecule has 1 atom stereocenters. The summed E-state index contributed by atoms with van der Waals surface area (Å²) in [5.41, 5.74) is 12.9. The Hall–Kier alpha value is -5.41. The van der Waals surface area contributed by atoms with Crippen molar-refractivity contribution < 1.29 is 19.5 Å². The first-order valence-corrected chi connectivity index (χ1v) is 20.5. The van der Waals surface area contributed by atoms with E-state index in [4.69, 9.17) is 0 Å². The lowest BCUT2D eigenvalue weighted by Gasteiger charge is -2.40. The number of nitrogens with one attached hydrogen (secondary N) is 1. The Morgan fingerprint density at radius 1 is 0.679 bits per heavy atom. The van der Waals surface area contributed by atoms with E-state index < -0.39 is 6.04 Å². The van der Waals surface area contributed by atoms with Gasteiger partial charge in [-0.3, -0.25) is 24.6 Å². The minimum atomic E-state index is -0.588. The number of phenolic OH excluding ortho intramolecular Hbond substituents is 1. The van der Waals surface area contributed by atoms with Crippen LogP contribution in [0.25, 0.3) is 11.1 Å². The number of carbonyl (C=O) groups is 3. The molecule has 0 saturated carbocycles. The summed E-state index contributed by atoms with van der Waals surface area (Å²) >= 11 is 0. The monoisotopic (exact) mass is 749 g/mol. The number of amides is 3. The summed E-state index contributed by atoms with van der Waals surface area (Å²) in [5, 5.41) is 12.7. The number of allylic oxidation sites excluding steroid dienone is 1. The lowest BCUT2D eigenvalue weighted by Crippen LogP contribution is -2.52. The van der Waals surface area contributed by atoms with Crippen molar-refractivity contribution in [2.75, 3.05) is 55.6 Å². The second-order valence-corrected chi connectivity index (χ2v) is 16.4. The molecule has 288 valence electrons. The van der Waals surface area contributed by atoms with Crippen LogP contribution in [0.3, 0.4) is 0 Å². The number of benzene rings is 4. The van der Waals surface area contributed by atoms with E-state index in [1.54, 1.807) is 4.90 Å². The van der Waals surface area contributed by atoms with E-state index in [-0.39, 0.29) is 24.1 Å². The average molecular weight is 750 g/mol. The van der Waals surface area contributed by atoms with Gasteiger partial charge in [-0.25, -0.2) is 0 Å². The number of phenols is 1. The largest absolute Gasteiger partial charge is 0.508 e. The number of nitrogens with zero attached hydrogens (tertiary/aromatic N) is 4. The maximum Gasteiger partial charge on any atom is 0.255 e. The summed E-state index contributed by atoms with van der Waals surface area (Å²) in [5.74, 6) is 0.255. The number of carbonyl (C=O) groups excluding carboxylic acids is 3. The number of fused-ring (bicyclic) bond motifs is 2. The van der Waals surface area contributed by atoms with Gasteiger partial charge in [-0.15, -0.1) is 0 Å². The summed E-state index contributed by atoms with van der Waals surface area (Å²) in [4.78, 5) is 46.5. The SMILES string of the molecule is Cc1ccc(C2=C(c3ccc(N4CCC(CN5CCN(c6ccc7c(c6)CN([C@H]6CCC(=O)NC6=O)C7=O)CC5)CC4)cc3)c3ccc(O)cc3CCC2)cc1. The molecule has 0 aromatic heterocycles. The molecule has 0 bridgehead atoms. The lowest BCUT2D eigenvalue weighted by molar-refractivity contribution is -0.136. The Morgan fingerprint density at radius 2 is 1.38 bits per heavy atom. The number of hydrogen-bond donors (Lipinski definition) is 2. The number of anilines is 2.